The van der Waals surface area contributed by atoms with Gasteiger partial charge in [-0.25, -0.2) is 15.2 Å². The summed E-state index contributed by atoms with van der Waals surface area (Å²) in [5, 5.41) is 14.8. The Labute approximate surface area is 180 Å². The highest BCUT2D eigenvalue weighted by Gasteiger charge is 2.13. The molecule has 0 radical (unpaired) electrons. The number of carbonyl (C=O) groups excluding carboxylic acids is 1. The fourth-order valence-electron chi connectivity index (χ4n) is 2.97. The lowest BCUT2D eigenvalue weighted by Crippen LogP contribution is -2.24. The maximum absolute atomic E-state index is 12.4. The average molecular weight is 438 g/mol. The van der Waals surface area contributed by atoms with E-state index in [4.69, 9.17) is 20.8 Å². The lowest BCUT2D eigenvalue weighted by atomic mass is 10.1. The van der Waals surface area contributed by atoms with Crippen LogP contribution < -0.4 is 15.8 Å². The van der Waals surface area contributed by atoms with Crippen LogP contribution in [0.4, 0.5) is 0 Å². The molecule has 9 heteroatoms. The molecular weight excluding hydrogens is 422 g/mol. The summed E-state index contributed by atoms with van der Waals surface area (Å²) in [6.07, 6.45) is 1.33. The van der Waals surface area contributed by atoms with E-state index in [0.717, 1.165) is 5.39 Å². The smallest absolute Gasteiger partial charge is 0.349 e. The van der Waals surface area contributed by atoms with Crippen LogP contribution >= 0.6 is 11.6 Å². The molecule has 156 valence electrons. The number of aromatic hydroxyl groups is 1. The largest absolute Gasteiger partial charge is 0.508 e. The highest BCUT2D eigenvalue weighted by molar-refractivity contribution is 6.32. The molecule has 4 aromatic rings. The van der Waals surface area contributed by atoms with Gasteiger partial charge >= 0.3 is 5.63 Å². The van der Waals surface area contributed by atoms with E-state index in [0.29, 0.717) is 28.8 Å². The summed E-state index contributed by atoms with van der Waals surface area (Å²) >= 11 is 6.21. The van der Waals surface area contributed by atoms with Gasteiger partial charge in [0.1, 0.15) is 27.8 Å². The fraction of sp³-hybridized carbons (Fsp3) is 0.0909. The first-order valence-electron chi connectivity index (χ1n) is 9.28. The molecule has 8 nitrogen and oxygen atoms in total. The minimum absolute atomic E-state index is 0.0493. The van der Waals surface area contributed by atoms with Crippen molar-refractivity contribution in [1.82, 2.24) is 10.4 Å². The minimum atomic E-state index is -0.848. The van der Waals surface area contributed by atoms with Gasteiger partial charge in [-0.1, -0.05) is 11.6 Å². The van der Waals surface area contributed by atoms with Crippen molar-refractivity contribution in [1.29, 1.82) is 0 Å². The molecular formula is C22H16ClN3O5. The number of nitrogens with zero attached hydrogens (tertiary/aromatic N) is 2. The van der Waals surface area contributed by atoms with Gasteiger partial charge in [-0.2, -0.15) is 5.10 Å². The first-order chi connectivity index (χ1) is 14.9. The lowest BCUT2D eigenvalue weighted by molar-refractivity contribution is 0.0951. The van der Waals surface area contributed by atoms with Gasteiger partial charge in [-0.15, -0.1) is 0 Å². The lowest BCUT2D eigenvalue weighted by Gasteiger charge is -2.06. The number of hydrogen-bond acceptors (Lipinski definition) is 7. The third kappa shape index (κ3) is 4.34. The number of phenolic OH excluding ortho intramolecular Hbond substituents is 1. The number of hydrogen-bond donors (Lipinski definition) is 2. The molecule has 0 bridgehead atoms. The van der Waals surface area contributed by atoms with Crippen LogP contribution in [0.3, 0.4) is 0 Å². The van der Waals surface area contributed by atoms with E-state index in [1.807, 2.05) is 13.0 Å². The van der Waals surface area contributed by atoms with Crippen molar-refractivity contribution in [2.24, 2.45) is 5.10 Å². The number of hydrazone groups is 1. The SMILES string of the molecule is CCOc1ccc2nc(Cl)c(/C=N/NC(=O)c3cc4ccc(O)cc4oc3=O)cc2c1. The van der Waals surface area contributed by atoms with E-state index in [9.17, 15) is 14.7 Å². The first kappa shape index (κ1) is 20.4. The van der Waals surface area contributed by atoms with Gasteiger partial charge in [0, 0.05) is 22.4 Å². The number of amides is 1. The molecule has 1 amide bonds. The summed E-state index contributed by atoms with van der Waals surface area (Å²) in [6, 6.07) is 12.8. The Bertz CT molecular complexity index is 1400. The zero-order valence-corrected chi connectivity index (χ0v) is 17.0. The molecule has 4 rings (SSSR count). The number of halogens is 1. The standard InChI is InChI=1S/C22H16ClN3O5/c1-2-30-16-5-6-18-13(8-16)7-14(20(23)25-18)11-24-26-21(28)17-9-12-3-4-15(27)10-19(12)31-22(17)29/h3-11,27H,2H2,1H3,(H,26,28)/b24-11+. The van der Waals surface area contributed by atoms with Crippen molar-refractivity contribution < 1.29 is 19.1 Å². The summed E-state index contributed by atoms with van der Waals surface area (Å²) in [5.41, 5.74) is 2.55. The zero-order chi connectivity index (χ0) is 22.0. The van der Waals surface area contributed by atoms with Gasteiger partial charge in [-0.3, -0.25) is 4.79 Å². The number of carbonyl (C=O) groups is 1. The number of benzene rings is 2. The van der Waals surface area contributed by atoms with E-state index in [1.165, 1.54) is 30.5 Å². The molecule has 0 saturated heterocycles. The summed E-state index contributed by atoms with van der Waals surface area (Å²) in [4.78, 5) is 28.8. The van der Waals surface area contributed by atoms with Crippen LogP contribution in [0.25, 0.3) is 21.9 Å². The monoisotopic (exact) mass is 437 g/mol. The van der Waals surface area contributed by atoms with Crippen molar-refractivity contribution >= 4 is 45.6 Å². The van der Waals surface area contributed by atoms with Crippen molar-refractivity contribution in [2.75, 3.05) is 6.61 Å². The second-order valence-corrected chi connectivity index (χ2v) is 6.88. The Morgan fingerprint density at radius 2 is 2.06 bits per heavy atom. The topological polar surface area (TPSA) is 114 Å². The van der Waals surface area contributed by atoms with E-state index in [-0.39, 0.29) is 22.0 Å². The Morgan fingerprint density at radius 1 is 1.23 bits per heavy atom. The molecule has 0 fully saturated rings. The summed E-state index contributed by atoms with van der Waals surface area (Å²) < 4.78 is 10.6. The van der Waals surface area contributed by atoms with Crippen LogP contribution in [-0.2, 0) is 0 Å². The normalized spacial score (nSPS) is 11.3. The van der Waals surface area contributed by atoms with E-state index in [1.54, 1.807) is 18.2 Å². The molecule has 0 saturated carbocycles. The minimum Gasteiger partial charge on any atom is -0.508 e. The maximum Gasteiger partial charge on any atom is 0.349 e. The van der Waals surface area contributed by atoms with Gasteiger partial charge in [0.15, 0.2) is 0 Å². The maximum atomic E-state index is 12.4. The number of ether oxygens (including phenoxy) is 1. The Hall–Kier alpha value is -3.91. The second kappa shape index (κ2) is 8.45. The Balaban J connectivity index is 1.57. The summed E-state index contributed by atoms with van der Waals surface area (Å²) in [5.74, 6) is -0.0955. The van der Waals surface area contributed by atoms with Gasteiger partial charge in [0.2, 0.25) is 0 Å². The summed E-state index contributed by atoms with van der Waals surface area (Å²) in [7, 11) is 0. The number of nitrogens with one attached hydrogen (secondary N) is 1. The van der Waals surface area contributed by atoms with Gasteiger partial charge in [0.25, 0.3) is 5.91 Å². The highest BCUT2D eigenvalue weighted by Crippen LogP contribution is 2.24. The van der Waals surface area contributed by atoms with E-state index < -0.39 is 11.5 Å². The number of phenols is 1. The molecule has 0 aliphatic rings. The number of fused-ring (bicyclic) bond motifs is 2. The molecule has 0 aliphatic carbocycles. The predicted molar refractivity (Wildman–Crippen MR) is 117 cm³/mol. The molecule has 2 heterocycles. The third-order valence-electron chi connectivity index (χ3n) is 4.41. The number of pyridine rings is 1. The van der Waals surface area contributed by atoms with E-state index in [2.05, 4.69) is 15.5 Å². The van der Waals surface area contributed by atoms with Crippen LogP contribution in [0.1, 0.15) is 22.8 Å². The average Bonchev–Trinajstić information content (AvgIpc) is 2.74. The van der Waals surface area contributed by atoms with Crippen molar-refractivity contribution in [3.63, 3.8) is 0 Å². The molecule has 0 spiro atoms. The van der Waals surface area contributed by atoms with Gasteiger partial charge in [-0.05, 0) is 49.4 Å². The van der Waals surface area contributed by atoms with Crippen LogP contribution in [0.2, 0.25) is 5.15 Å². The van der Waals surface area contributed by atoms with Crippen LogP contribution in [0.15, 0.2) is 62.8 Å². The van der Waals surface area contributed by atoms with Crippen molar-refractivity contribution in [3.05, 3.63) is 75.2 Å². The van der Waals surface area contributed by atoms with Crippen LogP contribution in [0.5, 0.6) is 11.5 Å². The molecule has 2 N–H and O–H groups in total. The molecule has 2 aromatic heterocycles. The number of rotatable bonds is 5. The van der Waals surface area contributed by atoms with Crippen molar-refractivity contribution in [3.8, 4) is 11.5 Å². The Morgan fingerprint density at radius 3 is 2.87 bits per heavy atom. The predicted octanol–water partition coefficient (Wildman–Crippen LogP) is 3.86. The molecule has 2 aromatic carbocycles. The third-order valence-corrected chi connectivity index (χ3v) is 4.71. The van der Waals surface area contributed by atoms with Crippen LogP contribution in [0, 0.1) is 0 Å². The highest BCUT2D eigenvalue weighted by atomic mass is 35.5. The first-order valence-corrected chi connectivity index (χ1v) is 9.66. The molecule has 0 atom stereocenters. The Kier molecular flexibility index (Phi) is 5.55. The quantitative estimate of drug-likeness (QED) is 0.212. The molecule has 0 unspecified atom stereocenters. The van der Waals surface area contributed by atoms with Gasteiger partial charge in [0.05, 0.1) is 18.3 Å². The van der Waals surface area contributed by atoms with Gasteiger partial charge < -0.3 is 14.3 Å². The fourth-order valence-corrected chi connectivity index (χ4v) is 3.17. The summed E-state index contributed by atoms with van der Waals surface area (Å²) in [6.45, 7) is 2.43. The van der Waals surface area contributed by atoms with Crippen LogP contribution in [-0.4, -0.2) is 28.8 Å². The second-order valence-electron chi connectivity index (χ2n) is 6.52. The molecule has 31 heavy (non-hydrogen) atoms. The van der Waals surface area contributed by atoms with Crippen molar-refractivity contribution in [2.45, 2.75) is 6.92 Å². The molecule has 0 aliphatic heterocycles. The van der Waals surface area contributed by atoms with E-state index >= 15 is 0 Å². The number of aromatic nitrogens is 1. The zero-order valence-electron chi connectivity index (χ0n) is 16.3.